The van der Waals surface area contributed by atoms with Crippen LogP contribution >= 0.6 is 0 Å². The standard InChI is InChI=1S/C27H39N7O5/c28-26(29)33-12-6-7-19(18-33)17-21-23(25(37)38)34(24(21)36)27(39)32-15-13-31(14-16-32)22(35)10-3-1-2-8-20-9-4-5-11-30-20/h4-5,9,11,19,21,23H,1-3,6-8,10,12-18H2,(H3,28,29)(H,37,38)/t19?,21-,23?/m1/s1. The molecule has 0 saturated carbocycles. The zero-order valence-electron chi connectivity index (χ0n) is 22.3. The van der Waals surface area contributed by atoms with Gasteiger partial charge in [-0.1, -0.05) is 12.5 Å². The summed E-state index contributed by atoms with van der Waals surface area (Å²) in [5.74, 6) is -2.34. The van der Waals surface area contributed by atoms with Crippen molar-refractivity contribution < 1.29 is 24.3 Å². The van der Waals surface area contributed by atoms with E-state index >= 15 is 0 Å². The lowest BCUT2D eigenvalue weighted by atomic mass is 9.78. The van der Waals surface area contributed by atoms with Gasteiger partial charge in [0.2, 0.25) is 11.8 Å². The van der Waals surface area contributed by atoms with Gasteiger partial charge in [0.05, 0.1) is 5.92 Å². The number of carboxylic acids is 1. The summed E-state index contributed by atoms with van der Waals surface area (Å²) in [6, 6.07) is 4.07. The number of aliphatic carboxylic acids is 1. The maximum absolute atomic E-state index is 13.1. The largest absolute Gasteiger partial charge is 0.480 e. The number of carbonyl (C=O) groups excluding carboxylic acids is 3. The minimum absolute atomic E-state index is 0.0236. The Morgan fingerprint density at radius 3 is 2.44 bits per heavy atom. The maximum atomic E-state index is 13.1. The molecule has 4 rings (SSSR count). The number of aryl methyl sites for hydroxylation is 1. The number of nitrogens with zero attached hydrogens (tertiary/aromatic N) is 5. The van der Waals surface area contributed by atoms with Crippen LogP contribution in [0.1, 0.15) is 50.6 Å². The Morgan fingerprint density at radius 1 is 1.03 bits per heavy atom. The molecule has 4 amide bonds. The third kappa shape index (κ3) is 6.85. The fourth-order valence-corrected chi connectivity index (χ4v) is 5.87. The summed E-state index contributed by atoms with van der Waals surface area (Å²) in [6.07, 6.45) is 7.82. The van der Waals surface area contributed by atoms with Crippen molar-refractivity contribution >= 4 is 29.8 Å². The van der Waals surface area contributed by atoms with Gasteiger partial charge in [-0.05, 0) is 56.6 Å². The number of piperidine rings is 1. The minimum Gasteiger partial charge on any atom is -0.480 e. The molecule has 39 heavy (non-hydrogen) atoms. The summed E-state index contributed by atoms with van der Waals surface area (Å²) in [6.45, 7) is 2.45. The molecule has 3 saturated heterocycles. The smallest absolute Gasteiger partial charge is 0.327 e. The number of rotatable bonds is 9. The number of hydrogen-bond donors (Lipinski definition) is 3. The monoisotopic (exact) mass is 541 g/mol. The van der Waals surface area contributed by atoms with Crippen LogP contribution in [0.2, 0.25) is 0 Å². The Balaban J connectivity index is 1.20. The topological polar surface area (TPSA) is 164 Å². The number of guanidine groups is 1. The Kier molecular flexibility index (Phi) is 9.36. The zero-order chi connectivity index (χ0) is 27.9. The van der Waals surface area contributed by atoms with Crippen LogP contribution in [0.25, 0.3) is 0 Å². The van der Waals surface area contributed by atoms with Crippen molar-refractivity contribution in [3.05, 3.63) is 30.1 Å². The normalized spacial score (nSPS) is 23.4. The van der Waals surface area contributed by atoms with Gasteiger partial charge in [-0.3, -0.25) is 20.0 Å². The van der Waals surface area contributed by atoms with Crippen molar-refractivity contribution in [2.45, 2.75) is 57.4 Å². The van der Waals surface area contributed by atoms with Crippen molar-refractivity contribution in [2.75, 3.05) is 39.3 Å². The molecule has 3 aliphatic heterocycles. The highest BCUT2D eigenvalue weighted by Gasteiger charge is 2.56. The third-order valence-corrected chi connectivity index (χ3v) is 8.07. The summed E-state index contributed by atoms with van der Waals surface area (Å²) in [5.41, 5.74) is 6.65. The van der Waals surface area contributed by atoms with Gasteiger partial charge in [0.1, 0.15) is 0 Å². The number of β-lactam (4-membered cyclic amide) rings is 1. The fraction of sp³-hybridized carbons (Fsp3) is 0.630. The predicted octanol–water partition coefficient (Wildman–Crippen LogP) is 1.36. The van der Waals surface area contributed by atoms with Gasteiger partial charge in [0.25, 0.3) is 0 Å². The molecule has 1 aromatic rings. The number of urea groups is 1. The van der Waals surface area contributed by atoms with Gasteiger partial charge in [-0.25, -0.2) is 14.5 Å². The average Bonchev–Trinajstić information content (AvgIpc) is 2.94. The Labute approximate surface area is 228 Å². The van der Waals surface area contributed by atoms with E-state index in [4.69, 9.17) is 11.1 Å². The summed E-state index contributed by atoms with van der Waals surface area (Å²) >= 11 is 0. The van der Waals surface area contributed by atoms with E-state index in [0.29, 0.717) is 39.0 Å². The first-order valence-corrected chi connectivity index (χ1v) is 13.9. The number of nitrogens with one attached hydrogen (secondary N) is 1. The van der Waals surface area contributed by atoms with Crippen molar-refractivity contribution in [1.82, 2.24) is 24.6 Å². The zero-order valence-corrected chi connectivity index (χ0v) is 22.3. The summed E-state index contributed by atoms with van der Waals surface area (Å²) in [5, 5.41) is 17.5. The first kappa shape index (κ1) is 28.3. The number of amides is 4. The van der Waals surface area contributed by atoms with Gasteiger partial charge in [-0.2, -0.15) is 0 Å². The van der Waals surface area contributed by atoms with Crippen LogP contribution < -0.4 is 5.73 Å². The van der Waals surface area contributed by atoms with Gasteiger partial charge in [-0.15, -0.1) is 0 Å². The van der Waals surface area contributed by atoms with Gasteiger partial charge < -0.3 is 25.5 Å². The molecule has 0 aromatic carbocycles. The second-order valence-corrected chi connectivity index (χ2v) is 10.7. The number of unbranched alkanes of at least 4 members (excludes halogenated alkanes) is 2. The van der Waals surface area contributed by atoms with E-state index in [-0.39, 0.29) is 30.9 Å². The molecule has 12 nitrogen and oxygen atoms in total. The van der Waals surface area contributed by atoms with Gasteiger partial charge in [0, 0.05) is 57.6 Å². The lowest BCUT2D eigenvalue weighted by molar-refractivity contribution is -0.167. The first-order chi connectivity index (χ1) is 18.8. The molecule has 3 fully saturated rings. The molecule has 2 unspecified atom stereocenters. The number of hydrogen-bond acceptors (Lipinski definition) is 6. The van der Waals surface area contributed by atoms with E-state index < -0.39 is 29.9 Å². The van der Waals surface area contributed by atoms with Crippen LogP contribution in [0.3, 0.4) is 0 Å². The van der Waals surface area contributed by atoms with E-state index in [0.717, 1.165) is 49.1 Å². The molecule has 0 spiro atoms. The number of imide groups is 1. The van der Waals surface area contributed by atoms with Crippen molar-refractivity contribution in [3.8, 4) is 0 Å². The number of aromatic nitrogens is 1. The highest BCUT2D eigenvalue weighted by atomic mass is 16.4. The quantitative estimate of drug-likeness (QED) is 0.182. The van der Waals surface area contributed by atoms with Gasteiger partial charge in [0.15, 0.2) is 12.0 Å². The molecule has 1 aromatic heterocycles. The summed E-state index contributed by atoms with van der Waals surface area (Å²) in [4.78, 5) is 60.9. The number of likely N-dealkylation sites (tertiary alicyclic amines) is 2. The average molecular weight is 542 g/mol. The molecule has 0 radical (unpaired) electrons. The number of pyridine rings is 1. The second-order valence-electron chi connectivity index (χ2n) is 10.7. The molecule has 212 valence electrons. The molecule has 12 heteroatoms. The van der Waals surface area contributed by atoms with E-state index in [1.54, 1.807) is 16.0 Å². The Bertz CT molecular complexity index is 1060. The molecule has 3 atom stereocenters. The molecule has 0 aliphatic carbocycles. The SMILES string of the molecule is N=C(N)N1CCCC(C[C@H]2C(=O)N(C(=O)N3CCN(C(=O)CCCCCc4ccccn4)CC3)C2C(=O)O)C1. The van der Waals surface area contributed by atoms with E-state index in [1.807, 2.05) is 18.2 Å². The lowest BCUT2D eigenvalue weighted by Crippen LogP contribution is -2.70. The molecular weight excluding hydrogens is 502 g/mol. The second kappa shape index (κ2) is 12.9. The highest BCUT2D eigenvalue weighted by Crippen LogP contribution is 2.36. The van der Waals surface area contributed by atoms with E-state index in [1.165, 1.54) is 4.90 Å². The Morgan fingerprint density at radius 2 is 1.77 bits per heavy atom. The number of carbonyl (C=O) groups is 4. The number of carboxylic acid groups (broad SMARTS) is 1. The number of nitrogens with two attached hydrogens (primary N) is 1. The van der Waals surface area contributed by atoms with E-state index in [2.05, 4.69) is 4.98 Å². The fourth-order valence-electron chi connectivity index (χ4n) is 5.87. The summed E-state index contributed by atoms with van der Waals surface area (Å²) < 4.78 is 0. The minimum atomic E-state index is -1.19. The highest BCUT2D eigenvalue weighted by molar-refractivity contribution is 6.07. The third-order valence-electron chi connectivity index (χ3n) is 8.07. The first-order valence-electron chi connectivity index (χ1n) is 13.9. The van der Waals surface area contributed by atoms with Crippen LogP contribution in [0.5, 0.6) is 0 Å². The molecule has 0 bridgehead atoms. The van der Waals surface area contributed by atoms with Crippen LogP contribution in [-0.2, 0) is 20.8 Å². The lowest BCUT2D eigenvalue weighted by Gasteiger charge is -2.47. The molecule has 4 N–H and O–H groups in total. The predicted molar refractivity (Wildman–Crippen MR) is 143 cm³/mol. The number of piperazine rings is 1. The van der Waals surface area contributed by atoms with Crippen molar-refractivity contribution in [1.29, 1.82) is 5.41 Å². The van der Waals surface area contributed by atoms with Crippen LogP contribution in [0, 0.1) is 17.2 Å². The molecule has 4 heterocycles. The molecule has 3 aliphatic rings. The van der Waals surface area contributed by atoms with E-state index in [9.17, 15) is 24.3 Å². The molecular formula is C27H39N7O5. The van der Waals surface area contributed by atoms with Crippen molar-refractivity contribution in [2.24, 2.45) is 17.6 Å². The van der Waals surface area contributed by atoms with Gasteiger partial charge >= 0.3 is 12.0 Å². The van der Waals surface area contributed by atoms with Crippen LogP contribution in [0.15, 0.2) is 24.4 Å². The van der Waals surface area contributed by atoms with Crippen LogP contribution in [0.4, 0.5) is 4.79 Å². The summed E-state index contributed by atoms with van der Waals surface area (Å²) in [7, 11) is 0. The Hall–Kier alpha value is -3.70. The maximum Gasteiger partial charge on any atom is 0.327 e. The van der Waals surface area contributed by atoms with Crippen molar-refractivity contribution in [3.63, 3.8) is 0 Å². The van der Waals surface area contributed by atoms with Crippen LogP contribution in [-0.4, -0.2) is 105 Å².